The second-order valence-corrected chi connectivity index (χ2v) is 5.81. The number of carbonyl (C=O) groups is 1. The predicted octanol–water partition coefficient (Wildman–Crippen LogP) is 2.85. The standard InChI is InChI=1S/C19H21NO3/c1-20-19(21)15-8-6-13(7-9-15)10-14-11-16-4-3-5-17(22-2)18(16)23-12-14/h3-9,14H,10-12H2,1-2H3,(H,20,21)/t14-/m1/s1. The van der Waals surface area contributed by atoms with Crippen LogP contribution in [0.5, 0.6) is 11.5 Å². The molecular formula is C19H21NO3. The van der Waals surface area contributed by atoms with Crippen LogP contribution in [-0.4, -0.2) is 26.7 Å². The number of methoxy groups -OCH3 is 1. The Kier molecular flexibility index (Phi) is 4.51. The summed E-state index contributed by atoms with van der Waals surface area (Å²) in [4.78, 5) is 11.6. The van der Waals surface area contributed by atoms with Crippen LogP contribution in [0.2, 0.25) is 0 Å². The Balaban J connectivity index is 1.69. The van der Waals surface area contributed by atoms with Crippen molar-refractivity contribution in [2.24, 2.45) is 5.92 Å². The Morgan fingerprint density at radius 3 is 2.74 bits per heavy atom. The number of nitrogens with one attached hydrogen (secondary N) is 1. The summed E-state index contributed by atoms with van der Waals surface area (Å²) in [6.07, 6.45) is 1.91. The number of amides is 1. The average molecular weight is 311 g/mol. The monoisotopic (exact) mass is 311 g/mol. The van der Waals surface area contributed by atoms with E-state index in [2.05, 4.69) is 11.4 Å². The van der Waals surface area contributed by atoms with Gasteiger partial charge >= 0.3 is 0 Å². The van der Waals surface area contributed by atoms with Gasteiger partial charge in [0.15, 0.2) is 11.5 Å². The minimum Gasteiger partial charge on any atom is -0.493 e. The maximum Gasteiger partial charge on any atom is 0.251 e. The van der Waals surface area contributed by atoms with Crippen molar-refractivity contribution in [3.63, 3.8) is 0 Å². The van der Waals surface area contributed by atoms with E-state index in [1.807, 2.05) is 36.4 Å². The molecule has 2 aromatic carbocycles. The van der Waals surface area contributed by atoms with E-state index < -0.39 is 0 Å². The molecule has 0 unspecified atom stereocenters. The first-order valence-corrected chi connectivity index (χ1v) is 7.81. The van der Waals surface area contributed by atoms with Gasteiger partial charge in [0, 0.05) is 18.5 Å². The van der Waals surface area contributed by atoms with Crippen molar-refractivity contribution in [3.8, 4) is 11.5 Å². The highest BCUT2D eigenvalue weighted by atomic mass is 16.5. The Labute approximate surface area is 136 Å². The number of fused-ring (bicyclic) bond motifs is 1. The number of rotatable bonds is 4. The Morgan fingerprint density at radius 1 is 1.26 bits per heavy atom. The molecule has 0 saturated heterocycles. The molecule has 1 heterocycles. The summed E-state index contributed by atoms with van der Waals surface area (Å²) in [5.74, 6) is 2.05. The summed E-state index contributed by atoms with van der Waals surface area (Å²) in [7, 11) is 3.31. The highest BCUT2D eigenvalue weighted by molar-refractivity contribution is 5.93. The summed E-state index contributed by atoms with van der Waals surface area (Å²) in [5, 5.41) is 2.63. The third-order valence-corrected chi connectivity index (χ3v) is 4.22. The molecule has 120 valence electrons. The van der Waals surface area contributed by atoms with Gasteiger partial charge in [-0.05, 0) is 42.2 Å². The summed E-state index contributed by atoms with van der Waals surface area (Å²) < 4.78 is 11.3. The van der Waals surface area contributed by atoms with Crippen LogP contribution in [0.4, 0.5) is 0 Å². The maximum absolute atomic E-state index is 11.6. The lowest BCUT2D eigenvalue weighted by molar-refractivity contribution is 0.0963. The van der Waals surface area contributed by atoms with E-state index in [1.165, 1.54) is 11.1 Å². The van der Waals surface area contributed by atoms with Crippen molar-refractivity contribution < 1.29 is 14.3 Å². The highest BCUT2D eigenvalue weighted by Crippen LogP contribution is 2.36. The Hall–Kier alpha value is -2.49. The Bertz CT molecular complexity index is 694. The molecule has 0 spiro atoms. The van der Waals surface area contributed by atoms with Gasteiger partial charge in [-0.25, -0.2) is 0 Å². The van der Waals surface area contributed by atoms with E-state index in [-0.39, 0.29) is 5.91 Å². The molecule has 1 atom stereocenters. The van der Waals surface area contributed by atoms with Crippen molar-refractivity contribution in [2.75, 3.05) is 20.8 Å². The van der Waals surface area contributed by atoms with E-state index >= 15 is 0 Å². The van der Waals surface area contributed by atoms with Crippen molar-refractivity contribution in [2.45, 2.75) is 12.8 Å². The average Bonchev–Trinajstić information content (AvgIpc) is 2.61. The van der Waals surface area contributed by atoms with Crippen molar-refractivity contribution in [1.82, 2.24) is 5.32 Å². The molecule has 2 aromatic rings. The van der Waals surface area contributed by atoms with Crippen LogP contribution >= 0.6 is 0 Å². The molecule has 4 nitrogen and oxygen atoms in total. The molecule has 0 fully saturated rings. The van der Waals surface area contributed by atoms with Crippen LogP contribution in [0.1, 0.15) is 21.5 Å². The molecule has 1 N–H and O–H groups in total. The largest absolute Gasteiger partial charge is 0.493 e. The van der Waals surface area contributed by atoms with Crippen LogP contribution in [0.3, 0.4) is 0 Å². The van der Waals surface area contributed by atoms with Crippen molar-refractivity contribution >= 4 is 5.91 Å². The molecular weight excluding hydrogens is 290 g/mol. The lowest BCUT2D eigenvalue weighted by Crippen LogP contribution is -2.23. The molecule has 0 saturated carbocycles. The lowest BCUT2D eigenvalue weighted by atomic mass is 9.90. The zero-order valence-corrected chi connectivity index (χ0v) is 13.5. The fourth-order valence-electron chi connectivity index (χ4n) is 3.02. The third kappa shape index (κ3) is 3.31. The number of hydrogen-bond acceptors (Lipinski definition) is 3. The van der Waals surface area contributed by atoms with Gasteiger partial charge in [-0.2, -0.15) is 0 Å². The van der Waals surface area contributed by atoms with Crippen molar-refractivity contribution in [3.05, 3.63) is 59.2 Å². The highest BCUT2D eigenvalue weighted by Gasteiger charge is 2.22. The first-order valence-electron chi connectivity index (χ1n) is 7.81. The molecule has 1 aliphatic heterocycles. The molecule has 4 heteroatoms. The number of para-hydroxylation sites is 1. The molecule has 3 rings (SSSR count). The van der Waals surface area contributed by atoms with E-state index in [0.29, 0.717) is 18.1 Å². The third-order valence-electron chi connectivity index (χ3n) is 4.22. The summed E-state index contributed by atoms with van der Waals surface area (Å²) in [5.41, 5.74) is 3.10. The smallest absolute Gasteiger partial charge is 0.251 e. The molecule has 0 aliphatic carbocycles. The first kappa shape index (κ1) is 15.4. The van der Waals surface area contributed by atoms with Gasteiger partial charge in [0.1, 0.15) is 0 Å². The first-order chi connectivity index (χ1) is 11.2. The number of benzene rings is 2. The van der Waals surface area contributed by atoms with Gasteiger partial charge in [0.25, 0.3) is 5.91 Å². The maximum atomic E-state index is 11.6. The van der Waals surface area contributed by atoms with Gasteiger partial charge < -0.3 is 14.8 Å². The molecule has 0 radical (unpaired) electrons. The quantitative estimate of drug-likeness (QED) is 0.944. The van der Waals surface area contributed by atoms with Gasteiger partial charge in [-0.3, -0.25) is 4.79 Å². The van der Waals surface area contributed by atoms with Crippen LogP contribution in [0.15, 0.2) is 42.5 Å². The number of ether oxygens (including phenoxy) is 2. The van der Waals surface area contributed by atoms with Gasteiger partial charge in [-0.1, -0.05) is 24.3 Å². The fourth-order valence-corrected chi connectivity index (χ4v) is 3.02. The van der Waals surface area contributed by atoms with E-state index in [9.17, 15) is 4.79 Å². The van der Waals surface area contributed by atoms with Crippen LogP contribution < -0.4 is 14.8 Å². The van der Waals surface area contributed by atoms with E-state index in [0.717, 1.165) is 24.3 Å². The lowest BCUT2D eigenvalue weighted by Gasteiger charge is -2.26. The summed E-state index contributed by atoms with van der Waals surface area (Å²) >= 11 is 0. The molecule has 0 aromatic heterocycles. The van der Waals surface area contributed by atoms with Gasteiger partial charge in [-0.15, -0.1) is 0 Å². The molecule has 23 heavy (non-hydrogen) atoms. The number of carbonyl (C=O) groups excluding carboxylic acids is 1. The summed E-state index contributed by atoms with van der Waals surface area (Å²) in [6.45, 7) is 0.685. The SMILES string of the molecule is CNC(=O)c1ccc(C[C@H]2COc3c(cccc3OC)C2)cc1. The number of hydrogen-bond donors (Lipinski definition) is 1. The zero-order valence-electron chi connectivity index (χ0n) is 13.5. The molecule has 1 amide bonds. The van der Waals surface area contributed by atoms with Gasteiger partial charge in [0.05, 0.1) is 13.7 Å². The molecule has 1 aliphatic rings. The van der Waals surface area contributed by atoms with Crippen LogP contribution in [-0.2, 0) is 12.8 Å². The Morgan fingerprint density at radius 2 is 2.04 bits per heavy atom. The normalized spacial score (nSPS) is 16.2. The second-order valence-electron chi connectivity index (χ2n) is 5.81. The van der Waals surface area contributed by atoms with E-state index in [1.54, 1.807) is 14.2 Å². The van der Waals surface area contributed by atoms with Crippen molar-refractivity contribution in [1.29, 1.82) is 0 Å². The van der Waals surface area contributed by atoms with Crippen LogP contribution in [0.25, 0.3) is 0 Å². The minimum atomic E-state index is -0.0569. The van der Waals surface area contributed by atoms with Crippen LogP contribution in [0, 0.1) is 5.92 Å². The van der Waals surface area contributed by atoms with E-state index in [4.69, 9.17) is 9.47 Å². The second kappa shape index (κ2) is 6.73. The van der Waals surface area contributed by atoms with Gasteiger partial charge in [0.2, 0.25) is 0 Å². The molecule has 0 bridgehead atoms. The predicted molar refractivity (Wildman–Crippen MR) is 89.2 cm³/mol. The summed E-state index contributed by atoms with van der Waals surface area (Å²) in [6, 6.07) is 13.8. The zero-order chi connectivity index (χ0) is 16.2. The minimum absolute atomic E-state index is 0.0569. The fraction of sp³-hybridized carbons (Fsp3) is 0.316. The topological polar surface area (TPSA) is 47.6 Å².